The lowest BCUT2D eigenvalue weighted by atomic mass is 10.0. The van der Waals surface area contributed by atoms with Crippen molar-refractivity contribution in [2.75, 3.05) is 0 Å². The van der Waals surface area contributed by atoms with E-state index in [1.807, 2.05) is 13.8 Å². The van der Waals surface area contributed by atoms with E-state index in [-0.39, 0.29) is 4.87 Å². The van der Waals surface area contributed by atoms with Crippen molar-refractivity contribution in [2.24, 2.45) is 0 Å². The van der Waals surface area contributed by atoms with E-state index < -0.39 is 6.69 Å². The first kappa shape index (κ1) is 13.2. The van der Waals surface area contributed by atoms with Crippen molar-refractivity contribution < 1.29 is 0 Å². The van der Waals surface area contributed by atoms with E-state index in [1.165, 1.54) is 32.1 Å². The molecule has 1 fully saturated rings. The summed E-state index contributed by atoms with van der Waals surface area (Å²) < 4.78 is 0. The SMILES string of the molecule is CC(C)(Cl)C[Si](Cl)(Cl)C1CCCCC1. The molecule has 0 aromatic carbocycles. The number of hydrogen-bond donors (Lipinski definition) is 0. The van der Waals surface area contributed by atoms with Crippen molar-refractivity contribution in [1.29, 1.82) is 0 Å². The molecule has 0 nitrogen and oxygen atoms in total. The van der Waals surface area contributed by atoms with Gasteiger partial charge < -0.3 is 0 Å². The van der Waals surface area contributed by atoms with Gasteiger partial charge in [0.1, 0.15) is 0 Å². The van der Waals surface area contributed by atoms with Crippen LogP contribution in [0.2, 0.25) is 11.6 Å². The smallest absolute Gasteiger partial charge is 0.145 e. The molecule has 4 heteroatoms. The largest absolute Gasteiger partial charge is 0.256 e. The molecule has 1 rings (SSSR count). The molecule has 0 spiro atoms. The van der Waals surface area contributed by atoms with Crippen LogP contribution in [0.25, 0.3) is 0 Å². The van der Waals surface area contributed by atoms with Gasteiger partial charge in [0.05, 0.1) is 0 Å². The molecule has 0 heterocycles. The van der Waals surface area contributed by atoms with Gasteiger partial charge in [-0.25, -0.2) is 0 Å². The third-order valence-corrected chi connectivity index (χ3v) is 9.00. The van der Waals surface area contributed by atoms with Crippen molar-refractivity contribution in [3.63, 3.8) is 0 Å². The van der Waals surface area contributed by atoms with Gasteiger partial charge in [-0.1, -0.05) is 32.1 Å². The highest BCUT2D eigenvalue weighted by Crippen LogP contribution is 2.46. The van der Waals surface area contributed by atoms with Crippen LogP contribution in [0.4, 0.5) is 0 Å². The Morgan fingerprint density at radius 1 is 1.14 bits per heavy atom. The summed E-state index contributed by atoms with van der Waals surface area (Å²) in [7, 11) is 0. The number of hydrogen-bond acceptors (Lipinski definition) is 0. The van der Waals surface area contributed by atoms with Gasteiger partial charge in [-0.05, 0) is 25.4 Å². The second kappa shape index (κ2) is 4.95. The number of alkyl halides is 1. The first-order valence-electron chi connectivity index (χ1n) is 5.38. The maximum Gasteiger partial charge on any atom is 0.256 e. The Kier molecular flexibility index (Phi) is 4.65. The Morgan fingerprint density at radius 3 is 2.07 bits per heavy atom. The minimum atomic E-state index is -2.13. The molecule has 0 aliphatic heterocycles. The second-order valence-electron chi connectivity index (χ2n) is 4.99. The maximum absolute atomic E-state index is 6.52. The lowest BCUT2D eigenvalue weighted by molar-refractivity contribution is 0.495. The van der Waals surface area contributed by atoms with Crippen molar-refractivity contribution in [2.45, 2.75) is 62.4 Å². The van der Waals surface area contributed by atoms with Crippen molar-refractivity contribution in [3.8, 4) is 0 Å². The zero-order chi connectivity index (χ0) is 10.8. The molecule has 0 atom stereocenters. The van der Waals surface area contributed by atoms with Crippen molar-refractivity contribution in [1.82, 2.24) is 0 Å². The third kappa shape index (κ3) is 4.30. The Labute approximate surface area is 103 Å². The molecule has 0 radical (unpaired) electrons. The topological polar surface area (TPSA) is 0 Å². The number of rotatable bonds is 3. The first-order valence-corrected chi connectivity index (χ1v) is 10.1. The molecule has 14 heavy (non-hydrogen) atoms. The van der Waals surface area contributed by atoms with E-state index >= 15 is 0 Å². The molecular weight excluding hydrogens is 255 g/mol. The molecule has 1 saturated carbocycles. The summed E-state index contributed by atoms with van der Waals surface area (Å²) in [5, 5.41) is 0. The second-order valence-corrected chi connectivity index (χ2v) is 13.3. The monoisotopic (exact) mass is 272 g/mol. The summed E-state index contributed by atoms with van der Waals surface area (Å²) in [6, 6.07) is 0.801. The van der Waals surface area contributed by atoms with Gasteiger partial charge in [0, 0.05) is 4.87 Å². The Hall–Kier alpha value is 1.09. The molecule has 0 aromatic heterocycles. The summed E-state index contributed by atoms with van der Waals surface area (Å²) in [4.78, 5) is -0.243. The fourth-order valence-corrected chi connectivity index (χ4v) is 9.25. The zero-order valence-corrected chi connectivity index (χ0v) is 12.2. The molecular formula is C10H19Cl3Si. The minimum absolute atomic E-state index is 0.243. The highest BCUT2D eigenvalue weighted by molar-refractivity contribution is 7.46. The zero-order valence-electron chi connectivity index (χ0n) is 8.95. The molecule has 0 saturated heterocycles. The van der Waals surface area contributed by atoms with Crippen LogP contribution >= 0.6 is 33.8 Å². The van der Waals surface area contributed by atoms with Crippen LogP contribution < -0.4 is 0 Å². The Bertz CT molecular complexity index is 180. The average Bonchev–Trinajstić information content (AvgIpc) is 2.01. The molecule has 1 aliphatic rings. The average molecular weight is 274 g/mol. The third-order valence-electron chi connectivity index (χ3n) is 2.86. The van der Waals surface area contributed by atoms with Gasteiger partial charge >= 0.3 is 0 Å². The fourth-order valence-electron chi connectivity index (χ4n) is 2.23. The van der Waals surface area contributed by atoms with Gasteiger partial charge in [-0.2, -0.15) is 0 Å². The van der Waals surface area contributed by atoms with E-state index in [0.29, 0.717) is 5.54 Å². The molecule has 1 aliphatic carbocycles. The summed E-state index contributed by atoms with van der Waals surface area (Å²) >= 11 is 19.2. The Morgan fingerprint density at radius 2 is 1.64 bits per heavy atom. The normalized spacial score (nSPS) is 21.2. The van der Waals surface area contributed by atoms with Crippen LogP contribution in [0.3, 0.4) is 0 Å². The predicted molar refractivity (Wildman–Crippen MR) is 69.0 cm³/mol. The summed E-state index contributed by atoms with van der Waals surface area (Å²) in [5.74, 6) is 0. The molecule has 0 bridgehead atoms. The van der Waals surface area contributed by atoms with Crippen LogP contribution in [0.15, 0.2) is 0 Å². The standard InChI is InChI=1S/C10H19Cl3Si/c1-10(2,11)8-14(12,13)9-6-4-3-5-7-9/h9H,3-8H2,1-2H3. The molecule has 0 unspecified atom stereocenters. The summed E-state index contributed by atoms with van der Waals surface area (Å²) in [6.07, 6.45) is 6.36. The molecule has 0 aromatic rings. The van der Waals surface area contributed by atoms with Crippen LogP contribution in [0, 0.1) is 0 Å². The van der Waals surface area contributed by atoms with E-state index in [1.54, 1.807) is 0 Å². The van der Waals surface area contributed by atoms with E-state index in [0.717, 1.165) is 6.04 Å². The lowest BCUT2D eigenvalue weighted by Gasteiger charge is -2.34. The van der Waals surface area contributed by atoms with E-state index in [2.05, 4.69) is 0 Å². The van der Waals surface area contributed by atoms with Crippen LogP contribution in [-0.4, -0.2) is 11.6 Å². The highest BCUT2D eigenvalue weighted by Gasteiger charge is 2.42. The fraction of sp³-hybridized carbons (Fsp3) is 1.00. The van der Waals surface area contributed by atoms with E-state index in [9.17, 15) is 0 Å². The number of halogens is 3. The van der Waals surface area contributed by atoms with Crippen molar-refractivity contribution in [3.05, 3.63) is 0 Å². The van der Waals surface area contributed by atoms with Crippen LogP contribution in [0.5, 0.6) is 0 Å². The van der Waals surface area contributed by atoms with E-state index in [4.69, 9.17) is 33.8 Å². The van der Waals surface area contributed by atoms with Gasteiger partial charge in [0.2, 0.25) is 0 Å². The molecule has 0 N–H and O–H groups in total. The first-order chi connectivity index (χ1) is 6.31. The summed E-state index contributed by atoms with van der Waals surface area (Å²) in [6.45, 7) is 1.88. The molecule has 84 valence electrons. The highest BCUT2D eigenvalue weighted by atomic mass is 35.7. The van der Waals surface area contributed by atoms with Gasteiger partial charge in [0.25, 0.3) is 6.69 Å². The quantitative estimate of drug-likeness (QED) is 0.374. The molecule has 0 amide bonds. The van der Waals surface area contributed by atoms with Gasteiger partial charge in [-0.15, -0.1) is 33.8 Å². The van der Waals surface area contributed by atoms with Crippen LogP contribution in [-0.2, 0) is 0 Å². The minimum Gasteiger partial charge on any atom is -0.145 e. The maximum atomic E-state index is 6.52. The Balaban J connectivity index is 2.54. The predicted octanol–water partition coefficient (Wildman–Crippen LogP) is 5.26. The summed E-state index contributed by atoms with van der Waals surface area (Å²) in [5.41, 5.74) is 0.567. The van der Waals surface area contributed by atoms with Gasteiger partial charge in [-0.3, -0.25) is 0 Å². The van der Waals surface area contributed by atoms with Gasteiger partial charge in [0.15, 0.2) is 0 Å². The lowest BCUT2D eigenvalue weighted by Crippen LogP contribution is -2.34. The van der Waals surface area contributed by atoms with Crippen molar-refractivity contribution >= 4 is 40.5 Å². The van der Waals surface area contributed by atoms with Crippen LogP contribution in [0.1, 0.15) is 46.0 Å².